The molecule has 2 aromatic rings. The molecule has 146 valence electrons. The third kappa shape index (κ3) is 3.91. The lowest BCUT2D eigenvalue weighted by atomic mass is 10.1. The standard InChI is InChI=1S/C20H19ClN2O4S/c21-18-10-9-17(28-18)16(24)8-7-15-12-23(20(26)27-15)14-5-3-13(4-6-14)22-11-1-2-19(22)25/h3-6,9-10,15H,1-2,7-8,11-12H2/t15-/m0/s1. The summed E-state index contributed by atoms with van der Waals surface area (Å²) < 4.78 is 6.00. The second-order valence-corrected chi connectivity index (χ2v) is 8.56. The maximum Gasteiger partial charge on any atom is 0.414 e. The van der Waals surface area contributed by atoms with Crippen LogP contribution in [0, 0.1) is 0 Å². The number of halogens is 1. The Morgan fingerprint density at radius 1 is 1.11 bits per heavy atom. The molecule has 0 aliphatic carbocycles. The van der Waals surface area contributed by atoms with Gasteiger partial charge in [0, 0.05) is 30.8 Å². The Kier molecular flexibility index (Phi) is 5.37. The smallest absolute Gasteiger partial charge is 0.414 e. The van der Waals surface area contributed by atoms with Gasteiger partial charge in [0.1, 0.15) is 6.10 Å². The number of benzene rings is 1. The van der Waals surface area contributed by atoms with Gasteiger partial charge in [0.2, 0.25) is 5.91 Å². The minimum absolute atomic E-state index is 0.00559. The minimum atomic E-state index is -0.415. The monoisotopic (exact) mass is 418 g/mol. The molecular weight excluding hydrogens is 400 g/mol. The van der Waals surface area contributed by atoms with Gasteiger partial charge in [-0.2, -0.15) is 0 Å². The first-order valence-corrected chi connectivity index (χ1v) is 10.4. The highest BCUT2D eigenvalue weighted by Crippen LogP contribution is 2.29. The molecule has 2 aliphatic heterocycles. The highest BCUT2D eigenvalue weighted by atomic mass is 35.5. The van der Waals surface area contributed by atoms with E-state index in [1.54, 1.807) is 21.9 Å². The van der Waals surface area contributed by atoms with E-state index in [1.165, 1.54) is 11.3 Å². The van der Waals surface area contributed by atoms with Gasteiger partial charge in [0.15, 0.2) is 5.78 Å². The topological polar surface area (TPSA) is 66.9 Å². The number of thiophene rings is 1. The molecule has 2 fully saturated rings. The quantitative estimate of drug-likeness (QED) is 0.647. The number of rotatable bonds is 6. The Morgan fingerprint density at radius 2 is 1.82 bits per heavy atom. The zero-order valence-electron chi connectivity index (χ0n) is 15.1. The van der Waals surface area contributed by atoms with Crippen molar-refractivity contribution < 1.29 is 19.1 Å². The molecule has 2 saturated heterocycles. The van der Waals surface area contributed by atoms with Crippen LogP contribution in [0.3, 0.4) is 0 Å². The molecule has 1 aromatic carbocycles. The fourth-order valence-corrected chi connectivity index (χ4v) is 4.51. The number of hydrogen-bond acceptors (Lipinski definition) is 5. The third-order valence-electron chi connectivity index (χ3n) is 4.96. The number of carbonyl (C=O) groups excluding carboxylic acids is 3. The predicted molar refractivity (Wildman–Crippen MR) is 109 cm³/mol. The molecule has 3 heterocycles. The molecule has 1 atom stereocenters. The molecule has 2 aliphatic rings. The molecule has 0 saturated carbocycles. The summed E-state index contributed by atoms with van der Waals surface area (Å²) in [4.78, 5) is 40.2. The number of cyclic esters (lactones) is 1. The number of ether oxygens (including phenoxy) is 1. The molecule has 0 radical (unpaired) electrons. The highest BCUT2D eigenvalue weighted by molar-refractivity contribution is 7.18. The van der Waals surface area contributed by atoms with Gasteiger partial charge in [-0.1, -0.05) is 11.6 Å². The number of Topliss-reactive ketones (excluding diaryl/α,β-unsaturated/α-hetero) is 1. The Bertz CT molecular complexity index is 911. The maximum atomic E-state index is 12.2. The number of anilines is 2. The zero-order valence-corrected chi connectivity index (χ0v) is 16.7. The summed E-state index contributed by atoms with van der Waals surface area (Å²) in [7, 11) is 0. The summed E-state index contributed by atoms with van der Waals surface area (Å²) in [5, 5.41) is 0. The van der Waals surface area contributed by atoms with Gasteiger partial charge in [0.05, 0.1) is 15.8 Å². The Hall–Kier alpha value is -2.38. The summed E-state index contributed by atoms with van der Waals surface area (Å²) in [6.07, 6.45) is 1.48. The molecule has 0 unspecified atom stereocenters. The van der Waals surface area contributed by atoms with E-state index in [0.717, 1.165) is 24.3 Å². The van der Waals surface area contributed by atoms with E-state index in [0.29, 0.717) is 35.0 Å². The minimum Gasteiger partial charge on any atom is -0.444 e. The predicted octanol–water partition coefficient (Wildman–Crippen LogP) is 4.52. The summed E-state index contributed by atoms with van der Waals surface area (Å²) in [5.74, 6) is 0.135. The Labute approximate surface area is 171 Å². The van der Waals surface area contributed by atoms with Crippen molar-refractivity contribution in [2.75, 3.05) is 22.9 Å². The molecule has 4 rings (SSSR count). The number of ketones is 1. The number of nitrogens with zero attached hydrogens (tertiary/aromatic N) is 2. The molecule has 2 amide bonds. The molecule has 28 heavy (non-hydrogen) atoms. The first kappa shape index (κ1) is 19.0. The van der Waals surface area contributed by atoms with E-state index in [-0.39, 0.29) is 17.8 Å². The van der Waals surface area contributed by atoms with Crippen LogP contribution >= 0.6 is 22.9 Å². The van der Waals surface area contributed by atoms with Crippen molar-refractivity contribution >= 4 is 52.1 Å². The van der Waals surface area contributed by atoms with Crippen LogP contribution in [0.25, 0.3) is 0 Å². The third-order valence-corrected chi connectivity index (χ3v) is 6.23. The van der Waals surface area contributed by atoms with Crippen molar-refractivity contribution in [3.8, 4) is 0 Å². The molecule has 8 heteroatoms. The molecule has 6 nitrogen and oxygen atoms in total. The van der Waals surface area contributed by atoms with Crippen LogP contribution < -0.4 is 9.80 Å². The Balaban J connectivity index is 1.35. The molecule has 0 bridgehead atoms. The van der Waals surface area contributed by atoms with Crippen molar-refractivity contribution in [2.45, 2.75) is 31.8 Å². The maximum absolute atomic E-state index is 12.2. The summed E-state index contributed by atoms with van der Waals surface area (Å²) in [6, 6.07) is 10.8. The van der Waals surface area contributed by atoms with E-state index in [4.69, 9.17) is 16.3 Å². The van der Waals surface area contributed by atoms with Gasteiger partial charge in [-0.05, 0) is 49.2 Å². The second-order valence-electron chi connectivity index (χ2n) is 6.85. The van der Waals surface area contributed by atoms with Crippen LogP contribution in [0.5, 0.6) is 0 Å². The van der Waals surface area contributed by atoms with Crippen molar-refractivity contribution in [1.29, 1.82) is 0 Å². The van der Waals surface area contributed by atoms with Gasteiger partial charge < -0.3 is 9.64 Å². The van der Waals surface area contributed by atoms with Gasteiger partial charge in [-0.25, -0.2) is 4.79 Å². The second kappa shape index (κ2) is 7.93. The van der Waals surface area contributed by atoms with Crippen molar-refractivity contribution in [3.05, 3.63) is 45.6 Å². The lowest BCUT2D eigenvalue weighted by molar-refractivity contribution is -0.117. The van der Waals surface area contributed by atoms with E-state index >= 15 is 0 Å². The average molecular weight is 419 g/mol. The van der Waals surface area contributed by atoms with Crippen LogP contribution in [0.1, 0.15) is 35.4 Å². The average Bonchev–Trinajstić information content (AvgIpc) is 3.40. The first-order valence-electron chi connectivity index (χ1n) is 9.18. The van der Waals surface area contributed by atoms with Crippen molar-refractivity contribution in [2.24, 2.45) is 0 Å². The summed E-state index contributed by atoms with van der Waals surface area (Å²) in [5.41, 5.74) is 1.56. The molecule has 1 aromatic heterocycles. The lowest BCUT2D eigenvalue weighted by Crippen LogP contribution is -2.25. The molecule has 0 spiro atoms. The zero-order chi connectivity index (χ0) is 19.7. The lowest BCUT2D eigenvalue weighted by Gasteiger charge is -2.18. The van der Waals surface area contributed by atoms with Gasteiger partial charge >= 0.3 is 6.09 Å². The van der Waals surface area contributed by atoms with Gasteiger partial charge in [-0.3, -0.25) is 14.5 Å². The fourth-order valence-electron chi connectivity index (χ4n) is 3.50. The highest BCUT2D eigenvalue weighted by Gasteiger charge is 2.33. The van der Waals surface area contributed by atoms with Crippen LogP contribution in [-0.4, -0.2) is 37.0 Å². The Morgan fingerprint density at radius 3 is 2.43 bits per heavy atom. The van der Waals surface area contributed by atoms with Gasteiger partial charge in [-0.15, -0.1) is 11.3 Å². The van der Waals surface area contributed by atoms with Crippen molar-refractivity contribution in [1.82, 2.24) is 0 Å². The number of amides is 2. The molecular formula is C20H19ClN2O4S. The van der Waals surface area contributed by atoms with Crippen LogP contribution in [0.2, 0.25) is 4.34 Å². The van der Waals surface area contributed by atoms with E-state index < -0.39 is 6.09 Å². The van der Waals surface area contributed by atoms with Crippen LogP contribution in [-0.2, 0) is 9.53 Å². The summed E-state index contributed by atoms with van der Waals surface area (Å²) in [6.45, 7) is 1.13. The largest absolute Gasteiger partial charge is 0.444 e. The first-order chi connectivity index (χ1) is 13.5. The fraction of sp³-hybridized carbons (Fsp3) is 0.350. The SMILES string of the molecule is O=C(CC[C@H]1CN(c2ccc(N3CCCC3=O)cc2)C(=O)O1)c1ccc(Cl)s1. The van der Waals surface area contributed by atoms with E-state index in [9.17, 15) is 14.4 Å². The van der Waals surface area contributed by atoms with E-state index in [2.05, 4.69) is 0 Å². The van der Waals surface area contributed by atoms with Crippen LogP contribution in [0.15, 0.2) is 36.4 Å². The number of carbonyl (C=O) groups is 3. The number of hydrogen-bond donors (Lipinski definition) is 0. The van der Waals surface area contributed by atoms with Gasteiger partial charge in [0.25, 0.3) is 0 Å². The van der Waals surface area contributed by atoms with E-state index in [1.807, 2.05) is 24.3 Å². The molecule has 0 N–H and O–H groups in total. The van der Waals surface area contributed by atoms with Crippen LogP contribution in [0.4, 0.5) is 16.2 Å². The normalized spacial score (nSPS) is 19.4. The van der Waals surface area contributed by atoms with Crippen molar-refractivity contribution in [3.63, 3.8) is 0 Å². The summed E-state index contributed by atoms with van der Waals surface area (Å²) >= 11 is 7.12.